The van der Waals surface area contributed by atoms with Gasteiger partial charge in [-0.25, -0.2) is 4.98 Å². The number of rotatable bonds is 11. The van der Waals surface area contributed by atoms with Crippen molar-refractivity contribution in [3.05, 3.63) is 59.3 Å². The molecule has 1 amide bonds. The van der Waals surface area contributed by atoms with E-state index in [9.17, 15) is 18.0 Å². The summed E-state index contributed by atoms with van der Waals surface area (Å²) in [5.74, 6) is -0.0543. The average molecular weight is 642 g/mol. The van der Waals surface area contributed by atoms with E-state index in [2.05, 4.69) is 50.0 Å². The summed E-state index contributed by atoms with van der Waals surface area (Å²) < 4.78 is 53.1. The van der Waals surface area contributed by atoms with Gasteiger partial charge in [0.1, 0.15) is 17.1 Å². The number of methoxy groups -OCH3 is 2. The fourth-order valence-corrected chi connectivity index (χ4v) is 5.85. The van der Waals surface area contributed by atoms with Gasteiger partial charge < -0.3 is 35.6 Å². The number of carbonyl (C=O) groups is 1. The van der Waals surface area contributed by atoms with Crippen LogP contribution in [0.3, 0.4) is 0 Å². The molecule has 2 aliphatic rings. The molecule has 0 unspecified atom stereocenters. The second-order valence-electron chi connectivity index (χ2n) is 12.8. The lowest BCUT2D eigenvalue weighted by Crippen LogP contribution is -2.47. The molecule has 4 N–H and O–H groups in total. The Morgan fingerprint density at radius 1 is 1.11 bits per heavy atom. The van der Waals surface area contributed by atoms with Crippen LogP contribution in [0, 0.1) is 0 Å². The molecule has 2 aliphatic heterocycles. The zero-order valence-corrected chi connectivity index (χ0v) is 27.1. The quantitative estimate of drug-likeness (QED) is 0.198. The maximum atomic E-state index is 14.0. The summed E-state index contributed by atoms with van der Waals surface area (Å²) in [6.07, 6.45) is -1.96. The van der Waals surface area contributed by atoms with E-state index in [0.717, 1.165) is 49.9 Å². The minimum atomic E-state index is -4.68. The number of aromatic nitrogens is 2. The smallest absolute Gasteiger partial charge is 0.421 e. The number of hydrogen-bond acceptors (Lipinski definition) is 9. The van der Waals surface area contributed by atoms with Crippen LogP contribution in [0.5, 0.6) is 5.75 Å². The molecular formula is C33H42F3N7O3. The number of ether oxygens (including phenoxy) is 2. The number of carbonyl (C=O) groups excluding carboxylic acids is 1. The molecule has 1 saturated heterocycles. The number of anilines is 5. The maximum absolute atomic E-state index is 14.0. The molecule has 1 fully saturated rings. The van der Waals surface area contributed by atoms with Crippen molar-refractivity contribution in [3.8, 4) is 5.75 Å². The third-order valence-electron chi connectivity index (χ3n) is 8.79. The summed E-state index contributed by atoms with van der Waals surface area (Å²) in [6, 6.07) is 11.4. The van der Waals surface area contributed by atoms with Crippen LogP contribution in [-0.2, 0) is 27.7 Å². The lowest BCUT2D eigenvalue weighted by molar-refractivity contribution is -0.137. The van der Waals surface area contributed by atoms with Gasteiger partial charge in [-0.2, -0.15) is 18.2 Å². The fourth-order valence-electron chi connectivity index (χ4n) is 5.85. The number of fused-ring (bicyclic) bond motifs is 1. The van der Waals surface area contributed by atoms with Crippen LogP contribution < -0.4 is 30.9 Å². The number of amides is 1. The number of alkyl halides is 3. The molecule has 0 atom stereocenters. The minimum absolute atomic E-state index is 0.0233. The van der Waals surface area contributed by atoms with E-state index in [-0.39, 0.29) is 29.8 Å². The van der Waals surface area contributed by atoms with Crippen LogP contribution in [0.25, 0.3) is 0 Å². The number of piperidine rings is 1. The van der Waals surface area contributed by atoms with E-state index in [0.29, 0.717) is 28.7 Å². The average Bonchev–Trinajstić information content (AvgIpc) is 3.26. The number of halogens is 3. The van der Waals surface area contributed by atoms with Gasteiger partial charge in [-0.15, -0.1) is 0 Å². The molecule has 248 valence electrons. The first-order valence-electron chi connectivity index (χ1n) is 15.3. The van der Waals surface area contributed by atoms with Crippen LogP contribution >= 0.6 is 0 Å². The van der Waals surface area contributed by atoms with Gasteiger partial charge in [0.05, 0.1) is 23.8 Å². The van der Waals surface area contributed by atoms with E-state index >= 15 is 0 Å². The number of benzene rings is 2. The fraction of sp³-hybridized carbons (Fsp3) is 0.485. The largest absolute Gasteiger partial charge is 0.494 e. The molecule has 2 aromatic carbocycles. The molecule has 1 aromatic heterocycles. The zero-order valence-electron chi connectivity index (χ0n) is 27.1. The lowest BCUT2D eigenvalue weighted by Gasteiger charge is -2.36. The maximum Gasteiger partial charge on any atom is 0.421 e. The van der Waals surface area contributed by atoms with Crippen molar-refractivity contribution in [2.24, 2.45) is 0 Å². The van der Waals surface area contributed by atoms with Crippen molar-refractivity contribution in [3.63, 3.8) is 0 Å². The Bertz CT molecular complexity index is 1570. The first-order chi connectivity index (χ1) is 21.7. The van der Waals surface area contributed by atoms with Gasteiger partial charge in [-0.05, 0) is 69.9 Å². The number of hydrogen-bond donors (Lipinski definition) is 4. The van der Waals surface area contributed by atoms with Crippen molar-refractivity contribution in [2.45, 2.75) is 70.3 Å². The van der Waals surface area contributed by atoms with Gasteiger partial charge in [0.2, 0.25) is 11.9 Å². The van der Waals surface area contributed by atoms with Gasteiger partial charge in [-0.1, -0.05) is 12.1 Å². The highest BCUT2D eigenvalue weighted by Gasteiger charge is 2.40. The third-order valence-corrected chi connectivity index (χ3v) is 8.79. The Labute approximate surface area is 267 Å². The number of nitrogens with one attached hydrogen (secondary N) is 4. The van der Waals surface area contributed by atoms with Crippen LogP contribution in [-0.4, -0.2) is 61.4 Å². The molecule has 13 heteroatoms. The van der Waals surface area contributed by atoms with Gasteiger partial charge in [0.15, 0.2) is 0 Å². The van der Waals surface area contributed by atoms with Gasteiger partial charge in [-0.3, -0.25) is 4.79 Å². The first-order valence-corrected chi connectivity index (χ1v) is 15.3. The molecular weight excluding hydrogens is 599 g/mol. The van der Waals surface area contributed by atoms with Crippen molar-refractivity contribution in [1.29, 1.82) is 0 Å². The Hall–Kier alpha value is -4.10. The predicted molar refractivity (Wildman–Crippen MR) is 173 cm³/mol. The minimum Gasteiger partial charge on any atom is -0.494 e. The second kappa shape index (κ2) is 13.0. The van der Waals surface area contributed by atoms with E-state index in [1.165, 1.54) is 7.11 Å². The van der Waals surface area contributed by atoms with Crippen LogP contribution in [0.2, 0.25) is 0 Å². The Morgan fingerprint density at radius 3 is 2.52 bits per heavy atom. The standard InChI is InChI=1S/C33H42F3N7O3/c1-31(2,46-6)19-39-21-12-14-43(15-13-21)22-10-11-24(26(16-22)45-5)41-30-38-18-23(33(34,35)36)28(42-30)37-17-20-8-7-9-25-27(20)32(3,4)29(44)40-25/h7-11,16,18,21,39H,12-15,17,19H2,1-6H3,(H,40,44)(H2,37,38,41,42). The summed E-state index contributed by atoms with van der Waals surface area (Å²) in [6.45, 7) is 10.2. The van der Waals surface area contributed by atoms with Gasteiger partial charge >= 0.3 is 6.18 Å². The zero-order chi connectivity index (χ0) is 33.3. The highest BCUT2D eigenvalue weighted by molar-refractivity contribution is 6.06. The van der Waals surface area contributed by atoms with Gasteiger partial charge in [0, 0.05) is 63.0 Å². The van der Waals surface area contributed by atoms with Crippen LogP contribution in [0.4, 0.5) is 42.0 Å². The normalized spacial score (nSPS) is 16.6. The predicted octanol–water partition coefficient (Wildman–Crippen LogP) is 6.07. The Kier molecular flexibility index (Phi) is 9.37. The second-order valence-corrected chi connectivity index (χ2v) is 12.8. The molecule has 5 rings (SSSR count). The molecule has 0 aliphatic carbocycles. The first kappa shape index (κ1) is 33.3. The lowest BCUT2D eigenvalue weighted by atomic mass is 9.83. The molecule has 0 spiro atoms. The summed E-state index contributed by atoms with van der Waals surface area (Å²) in [4.78, 5) is 23.0. The molecule has 0 radical (unpaired) electrons. The van der Waals surface area contributed by atoms with E-state index in [4.69, 9.17) is 9.47 Å². The van der Waals surface area contributed by atoms with Crippen molar-refractivity contribution in [2.75, 3.05) is 54.7 Å². The molecule has 0 saturated carbocycles. The van der Waals surface area contributed by atoms with Crippen LogP contribution in [0.15, 0.2) is 42.6 Å². The van der Waals surface area contributed by atoms with Crippen molar-refractivity contribution < 1.29 is 27.4 Å². The number of nitrogens with zero attached hydrogens (tertiary/aromatic N) is 3. The topological polar surface area (TPSA) is 113 Å². The third kappa shape index (κ3) is 7.15. The monoisotopic (exact) mass is 641 g/mol. The SMILES string of the molecule is COc1cc(N2CCC(NCC(C)(C)OC)CC2)ccc1Nc1ncc(C(F)(F)F)c(NCc2cccc3c2C(C)(C)C(=O)N3)n1. The van der Waals surface area contributed by atoms with E-state index in [1.54, 1.807) is 39.2 Å². The molecule has 0 bridgehead atoms. The molecule has 46 heavy (non-hydrogen) atoms. The molecule has 3 heterocycles. The van der Waals surface area contributed by atoms with Crippen molar-refractivity contribution >= 4 is 34.7 Å². The molecule has 10 nitrogen and oxygen atoms in total. The van der Waals surface area contributed by atoms with E-state index in [1.807, 2.05) is 18.2 Å². The Morgan fingerprint density at radius 2 is 1.85 bits per heavy atom. The summed E-state index contributed by atoms with van der Waals surface area (Å²) >= 11 is 0. The summed E-state index contributed by atoms with van der Waals surface area (Å²) in [5, 5.41) is 12.3. The highest BCUT2D eigenvalue weighted by atomic mass is 19.4. The Balaban J connectivity index is 1.30. The summed E-state index contributed by atoms with van der Waals surface area (Å²) in [7, 11) is 3.26. The molecule has 3 aromatic rings. The van der Waals surface area contributed by atoms with Crippen LogP contribution in [0.1, 0.15) is 57.2 Å². The van der Waals surface area contributed by atoms with E-state index < -0.39 is 17.2 Å². The highest BCUT2D eigenvalue weighted by Crippen LogP contribution is 2.41. The van der Waals surface area contributed by atoms with Crippen molar-refractivity contribution in [1.82, 2.24) is 15.3 Å². The van der Waals surface area contributed by atoms with Gasteiger partial charge in [0.25, 0.3) is 0 Å². The summed E-state index contributed by atoms with van der Waals surface area (Å²) in [5.41, 5.74) is 1.55.